The van der Waals surface area contributed by atoms with Crippen LogP contribution >= 0.6 is 0 Å². The molecular formula is C22H26N2O5. The lowest BCUT2D eigenvalue weighted by molar-refractivity contribution is -0.152. The molecule has 0 aromatic heterocycles. The first-order valence-corrected chi connectivity index (χ1v) is 9.56. The fraction of sp³-hybridized carbons (Fsp3) is 0.318. The minimum Gasteiger partial charge on any atom is -0.494 e. The lowest BCUT2D eigenvalue weighted by Crippen LogP contribution is -2.35. The molecule has 1 atom stereocenters. The summed E-state index contributed by atoms with van der Waals surface area (Å²) in [6, 6.07) is 15.5. The predicted octanol–water partition coefficient (Wildman–Crippen LogP) is 3.17. The lowest BCUT2D eigenvalue weighted by Gasteiger charge is -2.14. The van der Waals surface area contributed by atoms with Gasteiger partial charge in [0.05, 0.1) is 6.61 Å². The summed E-state index contributed by atoms with van der Waals surface area (Å²) in [6.45, 7) is 3.84. The topological polar surface area (TPSA) is 93.7 Å². The van der Waals surface area contributed by atoms with E-state index in [9.17, 15) is 14.4 Å². The first kappa shape index (κ1) is 21.9. The molecule has 7 nitrogen and oxygen atoms in total. The van der Waals surface area contributed by atoms with Gasteiger partial charge >= 0.3 is 5.97 Å². The molecule has 0 heterocycles. The van der Waals surface area contributed by atoms with E-state index >= 15 is 0 Å². The Bertz CT molecular complexity index is 806. The zero-order valence-corrected chi connectivity index (χ0v) is 16.6. The summed E-state index contributed by atoms with van der Waals surface area (Å²) in [5.74, 6) is -0.876. The van der Waals surface area contributed by atoms with Crippen molar-refractivity contribution in [2.24, 2.45) is 0 Å². The number of unbranched alkanes of at least 4 members (excludes halogenated alkanes) is 1. The Labute approximate surface area is 170 Å². The van der Waals surface area contributed by atoms with Gasteiger partial charge in [0.25, 0.3) is 11.8 Å². The molecule has 0 bridgehead atoms. The molecule has 0 unspecified atom stereocenters. The minimum absolute atomic E-state index is 0.337. The average Bonchev–Trinajstić information content (AvgIpc) is 2.73. The molecule has 0 aliphatic heterocycles. The van der Waals surface area contributed by atoms with Gasteiger partial charge in [0.15, 0.2) is 6.10 Å². The summed E-state index contributed by atoms with van der Waals surface area (Å²) in [6.07, 6.45) is 1.02. The maximum Gasteiger partial charge on any atom is 0.326 e. The Balaban J connectivity index is 1.74. The van der Waals surface area contributed by atoms with E-state index < -0.39 is 23.9 Å². The number of hydrogen-bond acceptors (Lipinski definition) is 5. The molecule has 0 aliphatic carbocycles. The Hall–Kier alpha value is -3.35. The number of rotatable bonds is 10. The predicted molar refractivity (Wildman–Crippen MR) is 110 cm³/mol. The number of carbonyl (C=O) groups is 3. The van der Waals surface area contributed by atoms with E-state index in [1.165, 1.54) is 6.92 Å². The summed E-state index contributed by atoms with van der Waals surface area (Å²) in [5.41, 5.74) is 1.01. The van der Waals surface area contributed by atoms with E-state index in [1.54, 1.807) is 48.5 Å². The fourth-order valence-electron chi connectivity index (χ4n) is 2.35. The van der Waals surface area contributed by atoms with Crippen molar-refractivity contribution in [1.82, 2.24) is 5.32 Å². The molecule has 2 rings (SSSR count). The van der Waals surface area contributed by atoms with Crippen molar-refractivity contribution in [1.29, 1.82) is 0 Å². The van der Waals surface area contributed by atoms with Gasteiger partial charge in [-0.15, -0.1) is 0 Å². The van der Waals surface area contributed by atoms with Crippen molar-refractivity contribution >= 4 is 23.5 Å². The standard InChI is InChI=1S/C22H26N2O5/c1-3-4-14-28-19-12-10-17(11-13-19)22(27)23-15-20(25)29-16(2)21(26)24-18-8-6-5-7-9-18/h5-13,16H,3-4,14-15H2,1-2H3,(H,23,27)(H,24,26)/t16-/m0/s1. The molecule has 0 aliphatic rings. The number of carbonyl (C=O) groups excluding carboxylic acids is 3. The molecule has 7 heteroatoms. The number of esters is 1. The highest BCUT2D eigenvalue weighted by molar-refractivity contribution is 5.97. The van der Waals surface area contributed by atoms with Crippen molar-refractivity contribution in [3.8, 4) is 5.75 Å². The zero-order chi connectivity index (χ0) is 21.1. The number of nitrogens with one attached hydrogen (secondary N) is 2. The number of benzene rings is 2. The van der Waals surface area contributed by atoms with Gasteiger partial charge in [-0.05, 0) is 49.7 Å². The van der Waals surface area contributed by atoms with Crippen LogP contribution in [-0.4, -0.2) is 37.0 Å². The monoisotopic (exact) mass is 398 g/mol. The van der Waals surface area contributed by atoms with Crippen molar-refractivity contribution in [2.75, 3.05) is 18.5 Å². The molecule has 0 radical (unpaired) electrons. The first-order chi connectivity index (χ1) is 14.0. The second-order valence-electron chi connectivity index (χ2n) is 6.40. The number of para-hydroxylation sites is 1. The number of amides is 2. The van der Waals surface area contributed by atoms with Gasteiger partial charge in [0, 0.05) is 11.3 Å². The van der Waals surface area contributed by atoms with Crippen LogP contribution in [0.1, 0.15) is 37.0 Å². The Morgan fingerprint density at radius 1 is 1.00 bits per heavy atom. The molecule has 0 fully saturated rings. The molecule has 29 heavy (non-hydrogen) atoms. The van der Waals surface area contributed by atoms with Crippen molar-refractivity contribution in [3.05, 3.63) is 60.2 Å². The van der Waals surface area contributed by atoms with E-state index in [-0.39, 0.29) is 6.54 Å². The van der Waals surface area contributed by atoms with E-state index in [0.717, 1.165) is 12.8 Å². The highest BCUT2D eigenvalue weighted by Crippen LogP contribution is 2.12. The summed E-state index contributed by atoms with van der Waals surface area (Å²) in [5, 5.41) is 5.12. The van der Waals surface area contributed by atoms with Crippen LogP contribution in [-0.2, 0) is 14.3 Å². The SMILES string of the molecule is CCCCOc1ccc(C(=O)NCC(=O)O[C@@H](C)C(=O)Nc2ccccc2)cc1. The molecule has 2 amide bonds. The lowest BCUT2D eigenvalue weighted by atomic mass is 10.2. The third-order valence-corrected chi connectivity index (χ3v) is 4.00. The summed E-state index contributed by atoms with van der Waals surface area (Å²) in [4.78, 5) is 36.1. The van der Waals surface area contributed by atoms with Crippen LogP contribution < -0.4 is 15.4 Å². The van der Waals surface area contributed by atoms with Crippen molar-refractivity contribution < 1.29 is 23.9 Å². The fourth-order valence-corrected chi connectivity index (χ4v) is 2.35. The van der Waals surface area contributed by atoms with Gasteiger partial charge in [-0.1, -0.05) is 31.5 Å². The van der Waals surface area contributed by atoms with Crippen LogP contribution in [0.15, 0.2) is 54.6 Å². The smallest absolute Gasteiger partial charge is 0.326 e. The van der Waals surface area contributed by atoms with E-state index in [0.29, 0.717) is 23.6 Å². The van der Waals surface area contributed by atoms with Gasteiger partial charge < -0.3 is 20.1 Å². The molecule has 154 valence electrons. The molecule has 0 saturated heterocycles. The van der Waals surface area contributed by atoms with Crippen LogP contribution in [0.25, 0.3) is 0 Å². The Morgan fingerprint density at radius 3 is 2.34 bits per heavy atom. The van der Waals surface area contributed by atoms with Crippen LogP contribution in [0.5, 0.6) is 5.75 Å². The Morgan fingerprint density at radius 2 is 1.69 bits per heavy atom. The summed E-state index contributed by atoms with van der Waals surface area (Å²) >= 11 is 0. The van der Waals surface area contributed by atoms with Crippen LogP contribution in [0.2, 0.25) is 0 Å². The van der Waals surface area contributed by atoms with Crippen LogP contribution in [0, 0.1) is 0 Å². The first-order valence-electron chi connectivity index (χ1n) is 9.56. The summed E-state index contributed by atoms with van der Waals surface area (Å²) < 4.78 is 10.6. The van der Waals surface area contributed by atoms with E-state index in [2.05, 4.69) is 17.6 Å². The Kier molecular flexibility index (Phi) is 8.69. The highest BCUT2D eigenvalue weighted by atomic mass is 16.5. The van der Waals surface area contributed by atoms with E-state index in [4.69, 9.17) is 9.47 Å². The van der Waals surface area contributed by atoms with Crippen LogP contribution in [0.4, 0.5) is 5.69 Å². The minimum atomic E-state index is -0.987. The second-order valence-corrected chi connectivity index (χ2v) is 6.40. The molecule has 0 spiro atoms. The molecule has 0 saturated carbocycles. The third-order valence-electron chi connectivity index (χ3n) is 4.00. The van der Waals surface area contributed by atoms with Gasteiger partial charge in [-0.3, -0.25) is 14.4 Å². The van der Waals surface area contributed by atoms with Gasteiger partial charge in [-0.2, -0.15) is 0 Å². The number of ether oxygens (including phenoxy) is 2. The maximum absolute atomic E-state index is 12.1. The second kappa shape index (κ2) is 11.5. The molecule has 2 N–H and O–H groups in total. The largest absolute Gasteiger partial charge is 0.494 e. The number of anilines is 1. The van der Waals surface area contributed by atoms with Gasteiger partial charge in [0.2, 0.25) is 0 Å². The van der Waals surface area contributed by atoms with Gasteiger partial charge in [0.1, 0.15) is 12.3 Å². The average molecular weight is 398 g/mol. The zero-order valence-electron chi connectivity index (χ0n) is 16.6. The molecular weight excluding hydrogens is 372 g/mol. The normalized spacial score (nSPS) is 11.2. The van der Waals surface area contributed by atoms with Crippen LogP contribution in [0.3, 0.4) is 0 Å². The van der Waals surface area contributed by atoms with Crippen molar-refractivity contribution in [2.45, 2.75) is 32.8 Å². The van der Waals surface area contributed by atoms with Gasteiger partial charge in [-0.25, -0.2) is 0 Å². The quantitative estimate of drug-likeness (QED) is 0.474. The highest BCUT2D eigenvalue weighted by Gasteiger charge is 2.18. The third kappa shape index (κ3) is 7.65. The summed E-state index contributed by atoms with van der Waals surface area (Å²) in [7, 11) is 0. The molecule has 2 aromatic rings. The maximum atomic E-state index is 12.1. The van der Waals surface area contributed by atoms with E-state index in [1.807, 2.05) is 6.07 Å². The molecule has 2 aromatic carbocycles. The van der Waals surface area contributed by atoms with Crippen molar-refractivity contribution in [3.63, 3.8) is 0 Å². The number of hydrogen-bond donors (Lipinski definition) is 2.